The van der Waals surface area contributed by atoms with Crippen LogP contribution in [0.15, 0.2) is 0 Å². The smallest absolute Gasteiger partial charge is 0.462 e. The van der Waals surface area contributed by atoms with Crippen LogP contribution in [0, 0.1) is 11.8 Å². The van der Waals surface area contributed by atoms with Gasteiger partial charge in [0.25, 0.3) is 0 Å². The summed E-state index contributed by atoms with van der Waals surface area (Å²) >= 11 is 0. The molecule has 0 aliphatic rings. The predicted octanol–water partition coefficient (Wildman–Crippen LogP) is 14.1. The number of phosphoric ester groups is 1. The van der Waals surface area contributed by atoms with Crippen LogP contribution in [-0.4, -0.2) is 74.9 Å². The highest BCUT2D eigenvalue weighted by Gasteiger charge is 2.27. The normalized spacial score (nSPS) is 14.6. The molecule has 10 heteroatoms. The molecular weight excluding hydrogens is 750 g/mol. The van der Waals surface area contributed by atoms with Crippen molar-refractivity contribution in [2.45, 2.75) is 239 Å². The van der Waals surface area contributed by atoms with Gasteiger partial charge in [-0.25, -0.2) is 4.57 Å². The first-order valence-corrected chi connectivity index (χ1v) is 26.1. The molecule has 0 aromatic carbocycles. The van der Waals surface area contributed by atoms with E-state index in [1.807, 2.05) is 21.1 Å². The van der Waals surface area contributed by atoms with Gasteiger partial charge >= 0.3 is 19.8 Å². The summed E-state index contributed by atoms with van der Waals surface area (Å²) in [4.78, 5) is 35.6. The van der Waals surface area contributed by atoms with Crippen molar-refractivity contribution in [2.75, 3.05) is 47.5 Å². The summed E-state index contributed by atoms with van der Waals surface area (Å²) in [6, 6.07) is 0. The Bertz CT molecular complexity index is 989. The van der Waals surface area contributed by atoms with E-state index in [0.29, 0.717) is 23.9 Å². The Morgan fingerprint density at radius 3 is 1.29 bits per heavy atom. The van der Waals surface area contributed by atoms with Gasteiger partial charge in [0.2, 0.25) is 0 Å². The highest BCUT2D eigenvalue weighted by molar-refractivity contribution is 7.47. The number of unbranched alkanes of at least 4 members (excludes halogenated alkanes) is 20. The van der Waals surface area contributed by atoms with Gasteiger partial charge in [-0.1, -0.05) is 207 Å². The second-order valence-electron chi connectivity index (χ2n) is 18.4. The number of quaternary nitrogens is 1. The molecular formula is C48H97NO8P+. The van der Waals surface area contributed by atoms with Gasteiger partial charge in [0.15, 0.2) is 6.10 Å². The number of phosphoric acid groups is 1. The number of rotatable bonds is 44. The van der Waals surface area contributed by atoms with Gasteiger partial charge in [-0.15, -0.1) is 0 Å². The summed E-state index contributed by atoms with van der Waals surface area (Å²) in [6.45, 7) is 9.13. The van der Waals surface area contributed by atoms with E-state index in [1.165, 1.54) is 154 Å². The highest BCUT2D eigenvalue weighted by Crippen LogP contribution is 2.43. The van der Waals surface area contributed by atoms with E-state index in [4.69, 9.17) is 18.5 Å². The minimum Gasteiger partial charge on any atom is -0.462 e. The molecule has 0 bridgehead atoms. The Labute approximate surface area is 359 Å². The summed E-state index contributed by atoms with van der Waals surface area (Å²) in [6.07, 6.45) is 36.9. The second kappa shape index (κ2) is 38.9. The largest absolute Gasteiger partial charge is 0.472 e. The summed E-state index contributed by atoms with van der Waals surface area (Å²) in [5.41, 5.74) is 0. The Morgan fingerprint density at radius 2 is 0.897 bits per heavy atom. The van der Waals surface area contributed by atoms with Crippen molar-refractivity contribution in [3.63, 3.8) is 0 Å². The van der Waals surface area contributed by atoms with Crippen LogP contribution in [0.1, 0.15) is 233 Å². The van der Waals surface area contributed by atoms with Crippen LogP contribution in [0.5, 0.6) is 0 Å². The van der Waals surface area contributed by atoms with Gasteiger partial charge in [-0.05, 0) is 24.7 Å². The standard InChI is InChI=1S/C48H96NO8P/c1-8-12-14-16-22-28-34-44(10-3)36-30-24-18-20-26-32-38-47(50)54-42-46(43-56-58(52,53)55-41-40-49(5,6)7)57-48(51)39-33-27-21-19-25-31-37-45(11-4)35-29-23-17-15-13-9-2/h44-46H,8-43H2,1-7H3/p+1/t44?,45?,46-/m1/s1. The number of carbonyl (C=O) groups excluding carboxylic acids is 2. The van der Waals surface area contributed by atoms with E-state index in [9.17, 15) is 19.0 Å². The maximum Gasteiger partial charge on any atom is 0.472 e. The lowest BCUT2D eigenvalue weighted by molar-refractivity contribution is -0.870. The molecule has 0 spiro atoms. The van der Waals surface area contributed by atoms with Crippen molar-refractivity contribution in [3.8, 4) is 0 Å². The number of carbonyl (C=O) groups is 2. The van der Waals surface area contributed by atoms with Gasteiger partial charge in [-0.2, -0.15) is 0 Å². The Kier molecular flexibility index (Phi) is 38.2. The Balaban J connectivity index is 4.49. The number of hydrogen-bond donors (Lipinski definition) is 1. The fraction of sp³-hybridized carbons (Fsp3) is 0.958. The quantitative estimate of drug-likeness (QED) is 0.0279. The molecule has 0 aliphatic heterocycles. The molecule has 0 aliphatic carbocycles. The number of ether oxygens (including phenoxy) is 2. The third-order valence-corrected chi connectivity index (χ3v) is 12.7. The molecule has 0 aromatic heterocycles. The van der Waals surface area contributed by atoms with Crippen LogP contribution in [0.4, 0.5) is 0 Å². The second-order valence-corrected chi connectivity index (χ2v) is 19.8. The van der Waals surface area contributed by atoms with Gasteiger partial charge in [0, 0.05) is 12.8 Å². The third-order valence-electron chi connectivity index (χ3n) is 11.7. The molecule has 0 rings (SSSR count). The molecule has 9 nitrogen and oxygen atoms in total. The molecule has 0 radical (unpaired) electrons. The first-order chi connectivity index (χ1) is 27.9. The summed E-state index contributed by atoms with van der Waals surface area (Å²) in [7, 11) is 1.49. The fourth-order valence-electron chi connectivity index (χ4n) is 7.61. The van der Waals surface area contributed by atoms with Crippen LogP contribution < -0.4 is 0 Å². The van der Waals surface area contributed by atoms with Gasteiger partial charge in [0.05, 0.1) is 27.7 Å². The van der Waals surface area contributed by atoms with Gasteiger partial charge < -0.3 is 18.9 Å². The zero-order valence-corrected chi connectivity index (χ0v) is 40.3. The van der Waals surface area contributed by atoms with E-state index in [1.54, 1.807) is 0 Å². The number of esters is 2. The topological polar surface area (TPSA) is 108 Å². The van der Waals surface area contributed by atoms with Gasteiger partial charge in [0.1, 0.15) is 19.8 Å². The number of nitrogens with zero attached hydrogens (tertiary/aromatic N) is 1. The van der Waals surface area contributed by atoms with Crippen molar-refractivity contribution in [1.82, 2.24) is 0 Å². The van der Waals surface area contributed by atoms with Crippen molar-refractivity contribution in [1.29, 1.82) is 0 Å². The van der Waals surface area contributed by atoms with E-state index in [2.05, 4.69) is 27.7 Å². The van der Waals surface area contributed by atoms with Crippen LogP contribution in [0.3, 0.4) is 0 Å². The molecule has 0 saturated heterocycles. The molecule has 0 heterocycles. The van der Waals surface area contributed by atoms with Gasteiger partial charge in [-0.3, -0.25) is 18.6 Å². The molecule has 1 N–H and O–H groups in total. The zero-order chi connectivity index (χ0) is 43.2. The lowest BCUT2D eigenvalue weighted by Crippen LogP contribution is -2.37. The predicted molar refractivity (Wildman–Crippen MR) is 243 cm³/mol. The lowest BCUT2D eigenvalue weighted by Gasteiger charge is -2.24. The minimum atomic E-state index is -4.38. The fourth-order valence-corrected chi connectivity index (χ4v) is 8.36. The van der Waals surface area contributed by atoms with Crippen molar-refractivity contribution in [3.05, 3.63) is 0 Å². The summed E-state index contributed by atoms with van der Waals surface area (Å²) in [5.74, 6) is 0.938. The number of likely N-dealkylation sites (N-methyl/N-ethyl adjacent to an activating group) is 1. The monoisotopic (exact) mass is 847 g/mol. The zero-order valence-electron chi connectivity index (χ0n) is 39.4. The average molecular weight is 847 g/mol. The van der Waals surface area contributed by atoms with Crippen LogP contribution in [0.25, 0.3) is 0 Å². The Morgan fingerprint density at radius 1 is 0.517 bits per heavy atom. The maximum atomic E-state index is 12.8. The summed E-state index contributed by atoms with van der Waals surface area (Å²) in [5, 5.41) is 0. The van der Waals surface area contributed by atoms with Crippen molar-refractivity contribution >= 4 is 19.8 Å². The lowest BCUT2D eigenvalue weighted by atomic mass is 9.92. The SMILES string of the molecule is CCCCCCCCC(CC)CCCCCCCCC(=O)OC[C@H](COP(=O)(O)OCC[N+](C)(C)C)OC(=O)CCCCCCCCC(CC)CCCCCCCC. The molecule has 3 unspecified atom stereocenters. The van der Waals surface area contributed by atoms with Crippen LogP contribution in [0.2, 0.25) is 0 Å². The van der Waals surface area contributed by atoms with E-state index in [0.717, 1.165) is 43.9 Å². The van der Waals surface area contributed by atoms with E-state index >= 15 is 0 Å². The van der Waals surface area contributed by atoms with E-state index in [-0.39, 0.29) is 25.6 Å². The van der Waals surface area contributed by atoms with Crippen LogP contribution >= 0.6 is 7.82 Å². The summed E-state index contributed by atoms with van der Waals surface area (Å²) < 4.78 is 34.5. The number of hydrogen-bond acceptors (Lipinski definition) is 7. The molecule has 346 valence electrons. The first-order valence-electron chi connectivity index (χ1n) is 24.6. The van der Waals surface area contributed by atoms with Crippen molar-refractivity contribution < 1.29 is 42.1 Å². The average Bonchev–Trinajstić information content (AvgIpc) is 3.18. The van der Waals surface area contributed by atoms with Crippen molar-refractivity contribution in [2.24, 2.45) is 11.8 Å². The molecule has 0 amide bonds. The highest BCUT2D eigenvalue weighted by atomic mass is 31.2. The van der Waals surface area contributed by atoms with Crippen LogP contribution in [-0.2, 0) is 32.7 Å². The molecule has 0 saturated carbocycles. The minimum absolute atomic E-state index is 0.0353. The molecule has 58 heavy (non-hydrogen) atoms. The maximum absolute atomic E-state index is 12.8. The third kappa shape index (κ3) is 39.2. The molecule has 0 aromatic rings. The molecule has 4 atom stereocenters. The van der Waals surface area contributed by atoms with E-state index < -0.39 is 26.5 Å². The molecule has 0 fully saturated rings. The Hall–Kier alpha value is -0.990. The first kappa shape index (κ1) is 57.0.